The maximum absolute atomic E-state index is 5.63. The summed E-state index contributed by atoms with van der Waals surface area (Å²) in [5, 5.41) is 7.16. The van der Waals surface area contributed by atoms with E-state index >= 15 is 0 Å². The second-order valence-corrected chi connectivity index (χ2v) is 3.93. The number of hydrogen-bond acceptors (Lipinski definition) is 4. The lowest BCUT2D eigenvalue weighted by Gasteiger charge is -2.24. The maximum Gasteiger partial charge on any atom is 0.162 e. The molecular weight excluding hydrogens is 192 g/mol. The Bertz CT molecular complexity index is 295. The third kappa shape index (κ3) is 3.04. The largest absolute Gasteiger partial charge is 0.370 e. The van der Waals surface area contributed by atoms with Gasteiger partial charge in [0.15, 0.2) is 5.76 Å². The van der Waals surface area contributed by atoms with Crippen molar-refractivity contribution >= 4 is 0 Å². The molecule has 1 saturated carbocycles. The number of ether oxygens (including phenoxy) is 1. The van der Waals surface area contributed by atoms with E-state index in [9.17, 15) is 0 Å². The highest BCUT2D eigenvalue weighted by Crippen LogP contribution is 2.23. The molecule has 1 heterocycles. The van der Waals surface area contributed by atoms with Crippen molar-refractivity contribution in [3.05, 3.63) is 17.5 Å². The Hall–Kier alpha value is -0.870. The fourth-order valence-electron chi connectivity index (χ4n) is 1.50. The highest BCUT2D eigenvalue weighted by Gasteiger charge is 2.18. The van der Waals surface area contributed by atoms with Gasteiger partial charge < -0.3 is 14.6 Å². The van der Waals surface area contributed by atoms with Crippen LogP contribution in [-0.4, -0.2) is 17.8 Å². The Balaban J connectivity index is 1.73. The summed E-state index contributed by atoms with van der Waals surface area (Å²) in [7, 11) is 0. The van der Waals surface area contributed by atoms with Crippen molar-refractivity contribution < 1.29 is 9.26 Å². The van der Waals surface area contributed by atoms with Crippen molar-refractivity contribution in [3.63, 3.8) is 0 Å². The molecule has 1 fully saturated rings. The Labute approximate surface area is 90.0 Å². The van der Waals surface area contributed by atoms with Crippen LogP contribution in [-0.2, 0) is 17.9 Å². The summed E-state index contributed by atoms with van der Waals surface area (Å²) in [6.07, 6.45) is 4.14. The van der Waals surface area contributed by atoms with E-state index in [0.29, 0.717) is 12.7 Å². The molecule has 1 aromatic heterocycles. The smallest absolute Gasteiger partial charge is 0.162 e. The molecule has 1 aromatic rings. The fraction of sp³-hybridized carbons (Fsp3) is 0.727. The second-order valence-electron chi connectivity index (χ2n) is 3.93. The van der Waals surface area contributed by atoms with E-state index in [0.717, 1.165) is 24.5 Å². The van der Waals surface area contributed by atoms with Crippen molar-refractivity contribution in [1.29, 1.82) is 0 Å². The van der Waals surface area contributed by atoms with Crippen LogP contribution in [0.4, 0.5) is 0 Å². The Morgan fingerprint density at radius 3 is 3.13 bits per heavy atom. The minimum atomic E-state index is 0.451. The van der Waals surface area contributed by atoms with E-state index in [-0.39, 0.29) is 0 Å². The molecule has 4 heteroatoms. The molecule has 0 saturated heterocycles. The summed E-state index contributed by atoms with van der Waals surface area (Å²) >= 11 is 0. The van der Waals surface area contributed by atoms with Gasteiger partial charge in [0.25, 0.3) is 0 Å². The molecule has 15 heavy (non-hydrogen) atoms. The van der Waals surface area contributed by atoms with Crippen LogP contribution in [0, 0.1) is 0 Å². The number of nitrogens with one attached hydrogen (secondary N) is 1. The van der Waals surface area contributed by atoms with Gasteiger partial charge in [0, 0.05) is 12.6 Å². The average molecular weight is 210 g/mol. The number of nitrogens with zero attached hydrogens (tertiary/aromatic N) is 1. The molecule has 0 bridgehead atoms. The lowest BCUT2D eigenvalue weighted by Crippen LogP contribution is -2.20. The summed E-state index contributed by atoms with van der Waals surface area (Å²) < 4.78 is 10.8. The van der Waals surface area contributed by atoms with E-state index in [4.69, 9.17) is 9.26 Å². The third-order valence-electron chi connectivity index (χ3n) is 2.68. The summed E-state index contributed by atoms with van der Waals surface area (Å²) in [4.78, 5) is 0. The van der Waals surface area contributed by atoms with Crippen LogP contribution < -0.4 is 5.32 Å². The zero-order chi connectivity index (χ0) is 10.5. The topological polar surface area (TPSA) is 47.3 Å². The molecule has 1 N–H and O–H groups in total. The fourth-order valence-corrected chi connectivity index (χ4v) is 1.50. The average Bonchev–Trinajstić information content (AvgIpc) is 2.60. The van der Waals surface area contributed by atoms with E-state index in [1.54, 1.807) is 0 Å². The molecule has 0 spiro atoms. The van der Waals surface area contributed by atoms with Gasteiger partial charge in [-0.15, -0.1) is 0 Å². The first-order chi connectivity index (χ1) is 7.38. The van der Waals surface area contributed by atoms with Crippen molar-refractivity contribution in [1.82, 2.24) is 10.5 Å². The van der Waals surface area contributed by atoms with E-state index in [2.05, 4.69) is 17.4 Å². The molecule has 4 nitrogen and oxygen atoms in total. The van der Waals surface area contributed by atoms with E-state index in [1.165, 1.54) is 19.3 Å². The van der Waals surface area contributed by atoms with Gasteiger partial charge in [0.05, 0.1) is 11.8 Å². The summed E-state index contributed by atoms with van der Waals surface area (Å²) in [5.74, 6) is 0.829. The highest BCUT2D eigenvalue weighted by atomic mass is 16.5. The number of rotatable bonds is 6. The lowest BCUT2D eigenvalue weighted by atomic mass is 9.96. The van der Waals surface area contributed by atoms with Crippen LogP contribution in [0.2, 0.25) is 0 Å². The third-order valence-corrected chi connectivity index (χ3v) is 2.68. The molecule has 2 rings (SSSR count). The summed E-state index contributed by atoms with van der Waals surface area (Å²) in [5.41, 5.74) is 0.948. The number of aromatic nitrogens is 1. The van der Waals surface area contributed by atoms with Crippen LogP contribution in [0.3, 0.4) is 0 Å². The molecule has 0 amide bonds. The van der Waals surface area contributed by atoms with Crippen molar-refractivity contribution in [3.8, 4) is 0 Å². The minimum absolute atomic E-state index is 0.451. The number of hydrogen-bond donors (Lipinski definition) is 1. The zero-order valence-electron chi connectivity index (χ0n) is 9.16. The van der Waals surface area contributed by atoms with E-state index < -0.39 is 0 Å². The van der Waals surface area contributed by atoms with Gasteiger partial charge in [-0.25, -0.2) is 0 Å². The maximum atomic E-state index is 5.63. The lowest BCUT2D eigenvalue weighted by molar-refractivity contribution is -0.0174. The second kappa shape index (κ2) is 5.28. The van der Waals surface area contributed by atoms with Gasteiger partial charge in [0.1, 0.15) is 6.61 Å². The molecule has 0 radical (unpaired) electrons. The van der Waals surface area contributed by atoms with Crippen LogP contribution in [0.1, 0.15) is 37.6 Å². The first-order valence-corrected chi connectivity index (χ1v) is 5.65. The molecular formula is C11H18N2O2. The first kappa shape index (κ1) is 10.6. The van der Waals surface area contributed by atoms with Crippen LogP contribution in [0.25, 0.3) is 0 Å². The molecule has 0 atom stereocenters. The Morgan fingerprint density at radius 2 is 2.47 bits per heavy atom. The molecule has 0 aliphatic heterocycles. The van der Waals surface area contributed by atoms with Gasteiger partial charge in [-0.3, -0.25) is 0 Å². The van der Waals surface area contributed by atoms with Crippen molar-refractivity contribution in [2.45, 2.75) is 45.4 Å². The quantitative estimate of drug-likeness (QED) is 0.778. The van der Waals surface area contributed by atoms with Gasteiger partial charge in [-0.1, -0.05) is 12.1 Å². The SMILES string of the molecule is CCNCc1cc(COC2CCC2)on1. The molecule has 84 valence electrons. The molecule has 0 unspecified atom stereocenters. The molecule has 1 aliphatic rings. The Kier molecular flexibility index (Phi) is 3.75. The van der Waals surface area contributed by atoms with Gasteiger partial charge >= 0.3 is 0 Å². The molecule has 1 aliphatic carbocycles. The predicted molar refractivity (Wildman–Crippen MR) is 56.3 cm³/mol. The van der Waals surface area contributed by atoms with Gasteiger partial charge in [0.2, 0.25) is 0 Å². The van der Waals surface area contributed by atoms with Gasteiger partial charge in [-0.05, 0) is 25.8 Å². The monoisotopic (exact) mass is 210 g/mol. The zero-order valence-corrected chi connectivity index (χ0v) is 9.16. The van der Waals surface area contributed by atoms with E-state index in [1.807, 2.05) is 6.07 Å². The van der Waals surface area contributed by atoms with Crippen LogP contribution >= 0.6 is 0 Å². The molecule has 0 aromatic carbocycles. The predicted octanol–water partition coefficient (Wildman–Crippen LogP) is 1.85. The Morgan fingerprint density at radius 1 is 1.60 bits per heavy atom. The van der Waals surface area contributed by atoms with Crippen molar-refractivity contribution in [2.24, 2.45) is 0 Å². The highest BCUT2D eigenvalue weighted by molar-refractivity contribution is 5.04. The first-order valence-electron chi connectivity index (χ1n) is 5.65. The standard InChI is InChI=1S/C11H18N2O2/c1-2-12-7-9-6-11(15-13-9)8-14-10-4-3-5-10/h6,10,12H,2-5,7-8H2,1H3. The van der Waals surface area contributed by atoms with Crippen molar-refractivity contribution in [2.75, 3.05) is 6.54 Å². The summed E-state index contributed by atoms with van der Waals surface area (Å²) in [6.45, 7) is 4.34. The van der Waals surface area contributed by atoms with Gasteiger partial charge in [-0.2, -0.15) is 0 Å². The minimum Gasteiger partial charge on any atom is -0.370 e. The normalized spacial score (nSPS) is 16.6. The summed E-state index contributed by atoms with van der Waals surface area (Å²) in [6, 6.07) is 1.96. The van der Waals surface area contributed by atoms with Crippen LogP contribution in [0.5, 0.6) is 0 Å². The van der Waals surface area contributed by atoms with Crippen LogP contribution in [0.15, 0.2) is 10.6 Å².